The molecular weight excluding hydrogens is 390 g/mol. The van der Waals surface area contributed by atoms with Crippen LogP contribution in [0.3, 0.4) is 0 Å². The summed E-state index contributed by atoms with van der Waals surface area (Å²) in [4.78, 5) is 24.6. The summed E-state index contributed by atoms with van der Waals surface area (Å²) < 4.78 is 7.04. The van der Waals surface area contributed by atoms with Crippen molar-refractivity contribution in [1.29, 1.82) is 0 Å². The van der Waals surface area contributed by atoms with E-state index in [1.165, 1.54) is 11.1 Å². The number of rotatable bonds is 7. The summed E-state index contributed by atoms with van der Waals surface area (Å²) in [5.41, 5.74) is 6.80. The number of carbonyl (C=O) groups is 2. The first kappa shape index (κ1) is 22.3. The van der Waals surface area contributed by atoms with Crippen molar-refractivity contribution in [2.75, 3.05) is 6.61 Å². The van der Waals surface area contributed by atoms with Gasteiger partial charge < -0.3 is 10.1 Å². The Morgan fingerprint density at radius 2 is 1.74 bits per heavy atom. The lowest BCUT2D eigenvalue weighted by molar-refractivity contribution is -0.148. The number of aryl methyl sites for hydroxylation is 3. The third-order valence-electron chi connectivity index (χ3n) is 5.54. The predicted molar refractivity (Wildman–Crippen MR) is 120 cm³/mol. The number of esters is 1. The summed E-state index contributed by atoms with van der Waals surface area (Å²) in [6, 6.07) is 15.7. The Morgan fingerprint density at radius 3 is 2.42 bits per heavy atom. The van der Waals surface area contributed by atoms with Gasteiger partial charge in [-0.2, -0.15) is 5.10 Å². The van der Waals surface area contributed by atoms with E-state index in [9.17, 15) is 9.59 Å². The van der Waals surface area contributed by atoms with E-state index in [1.807, 2.05) is 74.8 Å². The van der Waals surface area contributed by atoms with Crippen LogP contribution < -0.4 is 5.32 Å². The number of amides is 1. The topological polar surface area (TPSA) is 73.2 Å². The number of hydrogen-bond acceptors (Lipinski definition) is 4. The van der Waals surface area contributed by atoms with Crippen molar-refractivity contribution in [3.8, 4) is 5.69 Å². The summed E-state index contributed by atoms with van der Waals surface area (Å²) >= 11 is 0. The van der Waals surface area contributed by atoms with Gasteiger partial charge in [0.25, 0.3) is 5.91 Å². The van der Waals surface area contributed by atoms with E-state index in [1.54, 1.807) is 0 Å². The zero-order valence-electron chi connectivity index (χ0n) is 18.7. The van der Waals surface area contributed by atoms with Gasteiger partial charge in [0, 0.05) is 11.3 Å². The molecule has 6 nitrogen and oxygen atoms in total. The minimum atomic E-state index is -0.451. The molecule has 1 heterocycles. The van der Waals surface area contributed by atoms with Crippen molar-refractivity contribution in [3.63, 3.8) is 0 Å². The van der Waals surface area contributed by atoms with E-state index < -0.39 is 5.97 Å². The molecule has 1 amide bonds. The molecule has 31 heavy (non-hydrogen) atoms. The molecule has 1 atom stereocenters. The molecule has 0 saturated heterocycles. The number of nitrogens with zero attached hydrogens (tertiary/aromatic N) is 2. The maximum absolute atomic E-state index is 12.4. The lowest BCUT2D eigenvalue weighted by Crippen LogP contribution is -2.31. The van der Waals surface area contributed by atoms with Crippen LogP contribution in [0.5, 0.6) is 0 Å². The number of hydrogen-bond donors (Lipinski definition) is 1. The average molecular weight is 420 g/mol. The van der Waals surface area contributed by atoms with E-state index >= 15 is 0 Å². The fraction of sp³-hybridized carbons (Fsp3) is 0.320. The molecule has 0 fully saturated rings. The number of aromatic nitrogens is 2. The van der Waals surface area contributed by atoms with Crippen LogP contribution in [0.25, 0.3) is 5.69 Å². The summed E-state index contributed by atoms with van der Waals surface area (Å²) in [5, 5.41) is 7.42. The Hall–Kier alpha value is -3.41. The van der Waals surface area contributed by atoms with E-state index in [2.05, 4.69) is 23.4 Å². The minimum Gasteiger partial charge on any atom is -0.455 e. The van der Waals surface area contributed by atoms with Crippen LogP contribution in [-0.2, 0) is 20.7 Å². The Balaban J connectivity index is 1.56. The molecule has 0 aliphatic rings. The maximum atomic E-state index is 12.4. The maximum Gasteiger partial charge on any atom is 0.310 e. The standard InChI is InChI=1S/C25H29N3O3/c1-16-11-12-21(13-17(16)2)18(3)26-24(29)15-31-25(30)14-23-19(4)27-28(20(23)5)22-9-7-6-8-10-22/h6-13,18H,14-15H2,1-5H3,(H,26,29)/t18-/m0/s1. The van der Waals surface area contributed by atoms with Gasteiger partial charge >= 0.3 is 5.97 Å². The highest BCUT2D eigenvalue weighted by Gasteiger charge is 2.18. The van der Waals surface area contributed by atoms with Crippen molar-refractivity contribution in [2.24, 2.45) is 0 Å². The second kappa shape index (κ2) is 9.60. The first-order valence-corrected chi connectivity index (χ1v) is 10.4. The summed E-state index contributed by atoms with van der Waals surface area (Å²) in [6.07, 6.45) is 0.0739. The van der Waals surface area contributed by atoms with Crippen molar-refractivity contribution < 1.29 is 14.3 Å². The number of nitrogens with one attached hydrogen (secondary N) is 1. The minimum absolute atomic E-state index is 0.0739. The highest BCUT2D eigenvalue weighted by Crippen LogP contribution is 2.19. The molecule has 0 unspecified atom stereocenters. The van der Waals surface area contributed by atoms with Crippen LogP contribution >= 0.6 is 0 Å². The Labute approximate surface area is 183 Å². The fourth-order valence-electron chi connectivity index (χ4n) is 3.49. The largest absolute Gasteiger partial charge is 0.455 e. The predicted octanol–water partition coefficient (Wildman–Crippen LogP) is 4.07. The van der Waals surface area contributed by atoms with Gasteiger partial charge in [0.1, 0.15) is 0 Å². The molecule has 1 N–H and O–H groups in total. The number of benzene rings is 2. The van der Waals surface area contributed by atoms with Gasteiger partial charge in [0.15, 0.2) is 6.61 Å². The normalized spacial score (nSPS) is 11.8. The molecule has 3 aromatic rings. The summed E-state index contributed by atoms with van der Waals surface area (Å²) in [7, 11) is 0. The molecule has 0 radical (unpaired) electrons. The second-order valence-corrected chi connectivity index (χ2v) is 7.87. The van der Waals surface area contributed by atoms with Crippen LogP contribution in [-0.4, -0.2) is 28.3 Å². The molecular formula is C25H29N3O3. The third-order valence-corrected chi connectivity index (χ3v) is 5.54. The Bertz CT molecular complexity index is 1090. The smallest absolute Gasteiger partial charge is 0.310 e. The van der Waals surface area contributed by atoms with Gasteiger partial charge in [-0.15, -0.1) is 0 Å². The zero-order chi connectivity index (χ0) is 22.5. The van der Waals surface area contributed by atoms with Gasteiger partial charge in [-0.3, -0.25) is 9.59 Å². The van der Waals surface area contributed by atoms with Crippen LogP contribution in [0.2, 0.25) is 0 Å². The van der Waals surface area contributed by atoms with Crippen molar-refractivity contribution >= 4 is 11.9 Å². The van der Waals surface area contributed by atoms with E-state index in [4.69, 9.17) is 4.74 Å². The molecule has 2 aromatic carbocycles. The van der Waals surface area contributed by atoms with Crippen LogP contribution in [0, 0.1) is 27.7 Å². The first-order valence-electron chi connectivity index (χ1n) is 10.4. The van der Waals surface area contributed by atoms with Crippen LogP contribution in [0.4, 0.5) is 0 Å². The highest BCUT2D eigenvalue weighted by molar-refractivity contribution is 5.81. The lowest BCUT2D eigenvalue weighted by atomic mass is 10.0. The highest BCUT2D eigenvalue weighted by atomic mass is 16.5. The third kappa shape index (κ3) is 5.40. The number of carbonyl (C=O) groups excluding carboxylic acids is 2. The molecule has 3 rings (SSSR count). The SMILES string of the molecule is Cc1ccc([C@H](C)NC(=O)COC(=O)Cc2c(C)nn(-c3ccccc3)c2C)cc1C. The van der Waals surface area contributed by atoms with E-state index in [0.717, 1.165) is 28.2 Å². The molecule has 1 aromatic heterocycles. The second-order valence-electron chi connectivity index (χ2n) is 7.87. The number of para-hydroxylation sites is 1. The molecule has 0 aliphatic heterocycles. The van der Waals surface area contributed by atoms with E-state index in [0.29, 0.717) is 0 Å². The van der Waals surface area contributed by atoms with Gasteiger partial charge in [-0.05, 0) is 63.4 Å². The zero-order valence-corrected chi connectivity index (χ0v) is 18.7. The van der Waals surface area contributed by atoms with Gasteiger partial charge in [-0.1, -0.05) is 36.4 Å². The molecule has 0 saturated carbocycles. The van der Waals surface area contributed by atoms with Crippen molar-refractivity contribution in [1.82, 2.24) is 15.1 Å². The fourth-order valence-corrected chi connectivity index (χ4v) is 3.49. The van der Waals surface area contributed by atoms with Gasteiger partial charge in [0.05, 0.1) is 23.8 Å². The lowest BCUT2D eigenvalue weighted by Gasteiger charge is -2.16. The Kier molecular flexibility index (Phi) is 6.90. The average Bonchev–Trinajstić information content (AvgIpc) is 3.03. The summed E-state index contributed by atoms with van der Waals surface area (Å²) in [5.74, 6) is -0.778. The molecule has 0 spiro atoms. The first-order chi connectivity index (χ1) is 14.8. The van der Waals surface area contributed by atoms with Crippen LogP contribution in [0.1, 0.15) is 46.6 Å². The molecule has 162 valence electrons. The van der Waals surface area contributed by atoms with Gasteiger partial charge in [-0.25, -0.2) is 4.68 Å². The van der Waals surface area contributed by atoms with Crippen molar-refractivity contribution in [2.45, 2.75) is 47.1 Å². The van der Waals surface area contributed by atoms with Crippen molar-refractivity contribution in [3.05, 3.63) is 82.2 Å². The van der Waals surface area contributed by atoms with Crippen LogP contribution in [0.15, 0.2) is 48.5 Å². The van der Waals surface area contributed by atoms with Gasteiger partial charge in [0.2, 0.25) is 0 Å². The molecule has 6 heteroatoms. The molecule has 0 bridgehead atoms. The molecule has 0 aliphatic carbocycles. The quantitative estimate of drug-likeness (QED) is 0.586. The van der Waals surface area contributed by atoms with E-state index in [-0.39, 0.29) is 25.0 Å². The monoisotopic (exact) mass is 419 g/mol. The Morgan fingerprint density at radius 1 is 1.03 bits per heavy atom. The summed E-state index contributed by atoms with van der Waals surface area (Å²) in [6.45, 7) is 9.49. The number of ether oxygens (including phenoxy) is 1.